The van der Waals surface area contributed by atoms with Gasteiger partial charge in [0.25, 0.3) is 0 Å². The van der Waals surface area contributed by atoms with Crippen LogP contribution in [0.15, 0.2) is 0 Å². The number of piperidine rings is 1. The molecule has 1 N–H and O–H groups in total. The van der Waals surface area contributed by atoms with Crippen LogP contribution >= 0.6 is 0 Å². The minimum Gasteiger partial charge on any atom is -0.443 e. The predicted octanol–water partition coefficient (Wildman–Crippen LogP) is 0.577. The SMILES string of the molecule is CC(C)N1CCC2NC(=O)OC2C1. The van der Waals surface area contributed by atoms with Crippen molar-refractivity contribution in [2.24, 2.45) is 0 Å². The van der Waals surface area contributed by atoms with Gasteiger partial charge in [-0.15, -0.1) is 0 Å². The summed E-state index contributed by atoms with van der Waals surface area (Å²) in [5, 5.41) is 2.83. The van der Waals surface area contributed by atoms with E-state index in [1.807, 2.05) is 0 Å². The molecule has 2 fully saturated rings. The third-order valence-electron chi connectivity index (χ3n) is 2.88. The van der Waals surface area contributed by atoms with Crippen LogP contribution in [0.5, 0.6) is 0 Å². The number of nitrogens with one attached hydrogen (secondary N) is 1. The molecule has 0 radical (unpaired) electrons. The summed E-state index contributed by atoms with van der Waals surface area (Å²) in [6, 6.07) is 0.794. The summed E-state index contributed by atoms with van der Waals surface area (Å²) in [6.07, 6.45) is 0.832. The summed E-state index contributed by atoms with van der Waals surface area (Å²) in [6.45, 7) is 6.28. The van der Waals surface area contributed by atoms with E-state index >= 15 is 0 Å². The second-order valence-corrected chi connectivity index (χ2v) is 4.07. The fraction of sp³-hybridized carbons (Fsp3) is 0.889. The Morgan fingerprint density at radius 1 is 1.62 bits per heavy atom. The minimum absolute atomic E-state index is 0.0728. The molecule has 0 aliphatic carbocycles. The van der Waals surface area contributed by atoms with E-state index in [9.17, 15) is 4.79 Å². The number of likely N-dealkylation sites (tertiary alicyclic amines) is 1. The Morgan fingerprint density at radius 2 is 2.38 bits per heavy atom. The quantitative estimate of drug-likeness (QED) is 0.648. The average molecular weight is 184 g/mol. The van der Waals surface area contributed by atoms with Gasteiger partial charge in [-0.3, -0.25) is 4.90 Å². The van der Waals surface area contributed by atoms with E-state index in [0.717, 1.165) is 19.5 Å². The van der Waals surface area contributed by atoms with Crippen LogP contribution < -0.4 is 5.32 Å². The molecule has 0 aromatic carbocycles. The summed E-state index contributed by atoms with van der Waals surface area (Å²) in [4.78, 5) is 13.3. The second kappa shape index (κ2) is 3.18. The van der Waals surface area contributed by atoms with E-state index in [0.29, 0.717) is 6.04 Å². The van der Waals surface area contributed by atoms with Crippen molar-refractivity contribution in [1.82, 2.24) is 10.2 Å². The number of fused-ring (bicyclic) bond motifs is 1. The summed E-state index contributed by atoms with van der Waals surface area (Å²) in [7, 11) is 0. The van der Waals surface area contributed by atoms with Gasteiger partial charge in [0, 0.05) is 19.1 Å². The van der Waals surface area contributed by atoms with Gasteiger partial charge in [0.15, 0.2) is 0 Å². The monoisotopic (exact) mass is 184 g/mol. The number of ether oxygens (including phenoxy) is 1. The molecule has 0 aromatic heterocycles. The number of hydrogen-bond donors (Lipinski definition) is 1. The number of hydrogen-bond acceptors (Lipinski definition) is 3. The predicted molar refractivity (Wildman–Crippen MR) is 48.5 cm³/mol. The van der Waals surface area contributed by atoms with Gasteiger partial charge in [-0.05, 0) is 20.3 Å². The van der Waals surface area contributed by atoms with Crippen molar-refractivity contribution < 1.29 is 9.53 Å². The zero-order chi connectivity index (χ0) is 9.42. The molecule has 1 amide bonds. The van der Waals surface area contributed by atoms with Crippen molar-refractivity contribution in [1.29, 1.82) is 0 Å². The van der Waals surface area contributed by atoms with Gasteiger partial charge in [0.1, 0.15) is 6.10 Å². The van der Waals surface area contributed by atoms with Gasteiger partial charge in [-0.1, -0.05) is 0 Å². The van der Waals surface area contributed by atoms with Crippen molar-refractivity contribution in [3.8, 4) is 0 Å². The number of carbonyl (C=O) groups is 1. The molecule has 2 rings (SSSR count). The van der Waals surface area contributed by atoms with Gasteiger partial charge >= 0.3 is 6.09 Å². The largest absolute Gasteiger partial charge is 0.443 e. The number of rotatable bonds is 1. The van der Waals surface area contributed by atoms with Gasteiger partial charge in [0.2, 0.25) is 0 Å². The van der Waals surface area contributed by atoms with E-state index < -0.39 is 0 Å². The molecule has 4 nitrogen and oxygen atoms in total. The maximum atomic E-state index is 10.9. The standard InChI is InChI=1S/C9H16N2O2/c1-6(2)11-4-3-7-8(5-11)13-9(12)10-7/h6-8H,3-5H2,1-2H3,(H,10,12). The lowest BCUT2D eigenvalue weighted by Crippen LogP contribution is -2.50. The Labute approximate surface area is 78.2 Å². The number of carbonyl (C=O) groups excluding carboxylic acids is 1. The van der Waals surface area contributed by atoms with Crippen LogP contribution in [-0.4, -0.2) is 42.3 Å². The fourth-order valence-electron chi connectivity index (χ4n) is 2.02. The van der Waals surface area contributed by atoms with Crippen molar-refractivity contribution in [2.75, 3.05) is 13.1 Å². The highest BCUT2D eigenvalue weighted by atomic mass is 16.6. The highest BCUT2D eigenvalue weighted by Crippen LogP contribution is 2.20. The number of nitrogens with zero attached hydrogens (tertiary/aromatic N) is 1. The molecular formula is C9H16N2O2. The zero-order valence-electron chi connectivity index (χ0n) is 8.12. The van der Waals surface area contributed by atoms with Crippen LogP contribution in [0.25, 0.3) is 0 Å². The Balaban J connectivity index is 1.97. The summed E-state index contributed by atoms with van der Waals surface area (Å²) in [5.41, 5.74) is 0. The normalized spacial score (nSPS) is 34.2. The molecule has 2 aliphatic heterocycles. The topological polar surface area (TPSA) is 41.6 Å². The number of alkyl carbamates (subject to hydrolysis) is 1. The highest BCUT2D eigenvalue weighted by Gasteiger charge is 2.38. The van der Waals surface area contributed by atoms with Crippen LogP contribution in [0.4, 0.5) is 4.79 Å². The Morgan fingerprint density at radius 3 is 3.08 bits per heavy atom. The molecule has 2 heterocycles. The first-order valence-corrected chi connectivity index (χ1v) is 4.88. The fourth-order valence-corrected chi connectivity index (χ4v) is 2.02. The molecule has 74 valence electrons. The van der Waals surface area contributed by atoms with Gasteiger partial charge < -0.3 is 10.1 Å². The van der Waals surface area contributed by atoms with Crippen molar-refractivity contribution >= 4 is 6.09 Å². The third kappa shape index (κ3) is 1.63. The molecule has 0 aromatic rings. The minimum atomic E-state index is -0.249. The third-order valence-corrected chi connectivity index (χ3v) is 2.88. The maximum Gasteiger partial charge on any atom is 0.407 e. The lowest BCUT2D eigenvalue weighted by atomic mass is 10.0. The molecule has 13 heavy (non-hydrogen) atoms. The molecule has 4 heteroatoms. The molecule has 0 spiro atoms. The second-order valence-electron chi connectivity index (χ2n) is 4.07. The first-order chi connectivity index (χ1) is 6.16. The van der Waals surface area contributed by atoms with Crippen molar-refractivity contribution in [3.63, 3.8) is 0 Å². The lowest BCUT2D eigenvalue weighted by Gasteiger charge is -2.35. The number of amides is 1. The van der Waals surface area contributed by atoms with Crippen LogP contribution in [-0.2, 0) is 4.74 Å². The maximum absolute atomic E-state index is 10.9. The van der Waals surface area contributed by atoms with Crippen molar-refractivity contribution in [2.45, 2.75) is 38.5 Å². The van der Waals surface area contributed by atoms with Crippen LogP contribution in [0, 0.1) is 0 Å². The van der Waals surface area contributed by atoms with Crippen LogP contribution in [0.3, 0.4) is 0 Å². The first-order valence-electron chi connectivity index (χ1n) is 4.88. The molecular weight excluding hydrogens is 168 g/mol. The first kappa shape index (κ1) is 8.81. The van der Waals surface area contributed by atoms with Crippen LogP contribution in [0.1, 0.15) is 20.3 Å². The smallest absolute Gasteiger partial charge is 0.407 e. The summed E-state index contributed by atoms with van der Waals surface area (Å²) < 4.78 is 5.15. The van der Waals surface area contributed by atoms with E-state index in [1.54, 1.807) is 0 Å². The Kier molecular flexibility index (Phi) is 2.15. The van der Waals surface area contributed by atoms with Crippen LogP contribution in [0.2, 0.25) is 0 Å². The van der Waals surface area contributed by atoms with E-state index in [1.165, 1.54) is 0 Å². The molecule has 2 aliphatic rings. The van der Waals surface area contributed by atoms with E-state index in [4.69, 9.17) is 4.74 Å². The van der Waals surface area contributed by atoms with Gasteiger partial charge in [-0.25, -0.2) is 4.79 Å². The Bertz CT molecular complexity index is 218. The lowest BCUT2D eigenvalue weighted by molar-refractivity contribution is 0.0560. The molecule has 2 saturated heterocycles. The van der Waals surface area contributed by atoms with E-state index in [2.05, 4.69) is 24.1 Å². The van der Waals surface area contributed by atoms with E-state index in [-0.39, 0.29) is 18.2 Å². The zero-order valence-corrected chi connectivity index (χ0v) is 8.12. The molecule has 2 unspecified atom stereocenters. The Hall–Kier alpha value is -0.770. The molecule has 0 saturated carbocycles. The van der Waals surface area contributed by atoms with Gasteiger partial charge in [0.05, 0.1) is 6.04 Å². The average Bonchev–Trinajstić information content (AvgIpc) is 2.42. The molecule has 0 bridgehead atoms. The summed E-state index contributed by atoms with van der Waals surface area (Å²) in [5.74, 6) is 0. The molecule has 2 atom stereocenters. The summed E-state index contributed by atoms with van der Waals surface area (Å²) >= 11 is 0. The van der Waals surface area contributed by atoms with Gasteiger partial charge in [-0.2, -0.15) is 0 Å². The highest BCUT2D eigenvalue weighted by molar-refractivity contribution is 5.70. The van der Waals surface area contributed by atoms with Crippen molar-refractivity contribution in [3.05, 3.63) is 0 Å².